The van der Waals surface area contributed by atoms with E-state index in [2.05, 4.69) is 0 Å². The van der Waals surface area contributed by atoms with Gasteiger partial charge in [0.1, 0.15) is 4.90 Å². The van der Waals surface area contributed by atoms with Crippen molar-refractivity contribution in [3.63, 3.8) is 0 Å². The molecule has 0 saturated carbocycles. The van der Waals surface area contributed by atoms with E-state index < -0.39 is 15.1 Å². The smallest absolute Gasteiger partial charge is 0.334 e. The van der Waals surface area contributed by atoms with Crippen LogP contribution in [0.25, 0.3) is 11.0 Å². The third-order valence-corrected chi connectivity index (χ3v) is 4.82. The molecule has 1 aliphatic rings. The Hall–Kier alpha value is -1.87. The van der Waals surface area contributed by atoms with Crippen molar-refractivity contribution < 1.29 is 17.0 Å². The summed E-state index contributed by atoms with van der Waals surface area (Å²) < 4.78 is 44.7. The molecule has 9 heteroatoms. The van der Waals surface area contributed by atoms with E-state index in [0.717, 1.165) is 0 Å². The third-order valence-electron chi connectivity index (χ3n) is 3.97. The van der Waals surface area contributed by atoms with E-state index in [9.17, 15) is 17.1 Å². The molecule has 0 unspecified atom stereocenters. The summed E-state index contributed by atoms with van der Waals surface area (Å²) in [4.78, 5) is 13.3. The predicted octanol–water partition coefficient (Wildman–Crippen LogP) is 0.372. The molecule has 3 rings (SSSR count). The largest absolute Gasteiger partial charge is 0.378 e. The van der Waals surface area contributed by atoms with Gasteiger partial charge < -0.3 is 9.64 Å². The Morgan fingerprint density at radius 2 is 1.64 bits per heavy atom. The van der Waals surface area contributed by atoms with E-state index in [0.29, 0.717) is 37.3 Å². The molecular weight excluding hydrogens is 313 g/mol. The zero-order chi connectivity index (χ0) is 16.1. The van der Waals surface area contributed by atoms with Crippen LogP contribution in [0.1, 0.15) is 0 Å². The standard InChI is InChI=1S/C13H16FN3O4S/c1-15-9-7-11(17-3-5-21-6-4-17)12(22(14,19)20)8-10(9)16(2)13(15)18/h7-8H,3-6H2,1-2H3. The van der Waals surface area contributed by atoms with Crippen LogP contribution in [-0.2, 0) is 29.1 Å². The van der Waals surface area contributed by atoms with E-state index in [1.807, 2.05) is 0 Å². The van der Waals surface area contributed by atoms with Crippen molar-refractivity contribution in [2.45, 2.75) is 4.90 Å². The second kappa shape index (κ2) is 5.10. The number of benzene rings is 1. The van der Waals surface area contributed by atoms with Crippen molar-refractivity contribution in [1.82, 2.24) is 9.13 Å². The molecule has 22 heavy (non-hydrogen) atoms. The first-order valence-corrected chi connectivity index (χ1v) is 8.16. The highest BCUT2D eigenvalue weighted by Gasteiger charge is 2.25. The average Bonchev–Trinajstić information content (AvgIpc) is 2.71. The Labute approximate surface area is 126 Å². The van der Waals surface area contributed by atoms with Gasteiger partial charge in [-0.2, -0.15) is 8.42 Å². The Kier molecular flexibility index (Phi) is 3.48. The van der Waals surface area contributed by atoms with Crippen molar-refractivity contribution in [1.29, 1.82) is 0 Å². The summed E-state index contributed by atoms with van der Waals surface area (Å²) in [6, 6.07) is 2.77. The number of imidazole rings is 1. The quantitative estimate of drug-likeness (QED) is 0.745. The number of anilines is 1. The summed E-state index contributed by atoms with van der Waals surface area (Å²) in [6.07, 6.45) is 0. The lowest BCUT2D eigenvalue weighted by Gasteiger charge is -2.30. The maximum Gasteiger partial charge on any atom is 0.334 e. The molecule has 0 spiro atoms. The number of nitrogens with zero attached hydrogens (tertiary/aromatic N) is 3. The highest BCUT2D eigenvalue weighted by Crippen LogP contribution is 2.31. The molecule has 1 fully saturated rings. The summed E-state index contributed by atoms with van der Waals surface area (Å²) in [6.45, 7) is 1.82. The highest BCUT2D eigenvalue weighted by atomic mass is 32.3. The Morgan fingerprint density at radius 1 is 1.09 bits per heavy atom. The van der Waals surface area contributed by atoms with Gasteiger partial charge in [-0.25, -0.2) is 4.79 Å². The number of hydrogen-bond acceptors (Lipinski definition) is 5. The van der Waals surface area contributed by atoms with Gasteiger partial charge in [-0.1, -0.05) is 0 Å². The topological polar surface area (TPSA) is 73.5 Å². The Balaban J connectivity index is 2.33. The number of fused-ring (bicyclic) bond motifs is 1. The van der Waals surface area contributed by atoms with E-state index >= 15 is 0 Å². The van der Waals surface area contributed by atoms with Gasteiger partial charge in [0.25, 0.3) is 0 Å². The fourth-order valence-corrected chi connectivity index (χ4v) is 3.45. The van der Waals surface area contributed by atoms with Crippen molar-refractivity contribution in [3.05, 3.63) is 22.6 Å². The summed E-state index contributed by atoms with van der Waals surface area (Å²) >= 11 is 0. The van der Waals surface area contributed by atoms with Crippen LogP contribution in [0.5, 0.6) is 0 Å². The zero-order valence-electron chi connectivity index (χ0n) is 12.2. The van der Waals surface area contributed by atoms with E-state index in [1.54, 1.807) is 18.0 Å². The van der Waals surface area contributed by atoms with Crippen molar-refractivity contribution >= 4 is 26.9 Å². The van der Waals surface area contributed by atoms with Gasteiger partial charge in [0.15, 0.2) is 0 Å². The Morgan fingerprint density at radius 3 is 2.18 bits per heavy atom. The lowest BCUT2D eigenvalue weighted by molar-refractivity contribution is 0.122. The van der Waals surface area contributed by atoms with Gasteiger partial charge >= 0.3 is 15.9 Å². The molecule has 1 aromatic heterocycles. The predicted molar refractivity (Wildman–Crippen MR) is 79.5 cm³/mol. The maximum absolute atomic E-state index is 13.7. The number of aryl methyl sites for hydroxylation is 2. The van der Waals surface area contributed by atoms with Gasteiger partial charge in [-0.3, -0.25) is 9.13 Å². The molecule has 0 aliphatic carbocycles. The van der Waals surface area contributed by atoms with Crippen LogP contribution in [-0.4, -0.2) is 43.9 Å². The van der Waals surface area contributed by atoms with Gasteiger partial charge in [0.05, 0.1) is 29.9 Å². The van der Waals surface area contributed by atoms with Gasteiger partial charge in [0.2, 0.25) is 0 Å². The molecule has 7 nitrogen and oxygen atoms in total. The summed E-state index contributed by atoms with van der Waals surface area (Å²) in [5.74, 6) is 0. The fourth-order valence-electron chi connectivity index (χ4n) is 2.76. The molecule has 0 atom stereocenters. The molecular formula is C13H16FN3O4S. The fraction of sp³-hybridized carbons (Fsp3) is 0.462. The summed E-state index contributed by atoms with van der Waals surface area (Å²) in [5, 5.41) is 0. The second-order valence-electron chi connectivity index (χ2n) is 5.25. The normalized spacial score (nSPS) is 16.4. The van der Waals surface area contributed by atoms with Gasteiger partial charge in [0, 0.05) is 27.2 Å². The molecule has 1 saturated heterocycles. The Bertz CT molecular complexity index is 894. The molecule has 0 radical (unpaired) electrons. The number of ether oxygens (including phenoxy) is 1. The van der Waals surface area contributed by atoms with Crippen LogP contribution in [0.15, 0.2) is 21.8 Å². The number of halogens is 1. The minimum absolute atomic E-state index is 0.263. The minimum atomic E-state index is -4.90. The minimum Gasteiger partial charge on any atom is -0.378 e. The first-order valence-electron chi connectivity index (χ1n) is 6.77. The van der Waals surface area contributed by atoms with Crippen LogP contribution in [0.2, 0.25) is 0 Å². The molecule has 0 amide bonds. The average molecular weight is 329 g/mol. The number of aromatic nitrogens is 2. The number of hydrogen-bond donors (Lipinski definition) is 0. The lowest BCUT2D eigenvalue weighted by atomic mass is 10.2. The lowest BCUT2D eigenvalue weighted by Crippen LogP contribution is -2.36. The molecule has 0 bridgehead atoms. The van der Waals surface area contributed by atoms with Crippen LogP contribution in [0.4, 0.5) is 9.57 Å². The van der Waals surface area contributed by atoms with Crippen molar-refractivity contribution in [3.8, 4) is 0 Å². The van der Waals surface area contributed by atoms with Crippen LogP contribution >= 0.6 is 0 Å². The van der Waals surface area contributed by atoms with Gasteiger partial charge in [-0.15, -0.1) is 3.89 Å². The first-order chi connectivity index (χ1) is 10.3. The van der Waals surface area contributed by atoms with Crippen LogP contribution in [0, 0.1) is 0 Å². The van der Waals surface area contributed by atoms with E-state index in [-0.39, 0.29) is 11.4 Å². The van der Waals surface area contributed by atoms with E-state index in [1.165, 1.54) is 22.2 Å². The molecule has 1 aliphatic heterocycles. The third kappa shape index (κ3) is 2.30. The van der Waals surface area contributed by atoms with Crippen LogP contribution in [0.3, 0.4) is 0 Å². The molecule has 1 aromatic carbocycles. The van der Waals surface area contributed by atoms with Crippen LogP contribution < -0.4 is 10.6 Å². The first kappa shape index (κ1) is 15.0. The highest BCUT2D eigenvalue weighted by molar-refractivity contribution is 7.86. The van der Waals surface area contributed by atoms with E-state index in [4.69, 9.17) is 4.74 Å². The summed E-state index contributed by atoms with van der Waals surface area (Å²) in [5.41, 5.74) is 0.901. The van der Waals surface area contributed by atoms with Gasteiger partial charge in [-0.05, 0) is 12.1 Å². The molecule has 0 N–H and O–H groups in total. The number of rotatable bonds is 2. The number of morpholine rings is 1. The summed E-state index contributed by atoms with van der Waals surface area (Å²) in [7, 11) is -1.79. The van der Waals surface area contributed by atoms with Crippen molar-refractivity contribution in [2.75, 3.05) is 31.2 Å². The zero-order valence-corrected chi connectivity index (χ0v) is 13.1. The van der Waals surface area contributed by atoms with Crippen molar-refractivity contribution in [2.24, 2.45) is 14.1 Å². The monoisotopic (exact) mass is 329 g/mol. The SMILES string of the molecule is Cn1c(=O)n(C)c2cc(S(=O)(=O)F)c(N3CCOCC3)cc21. The molecule has 120 valence electrons. The molecule has 2 aromatic rings. The maximum atomic E-state index is 13.7. The molecule has 2 heterocycles. The second-order valence-corrected chi connectivity index (χ2v) is 6.56.